The Hall–Kier alpha value is -2.76. The Morgan fingerprint density at radius 2 is 1.68 bits per heavy atom. The van der Waals surface area contributed by atoms with E-state index in [2.05, 4.69) is 0 Å². The highest BCUT2D eigenvalue weighted by Gasteiger charge is 2.34. The van der Waals surface area contributed by atoms with Crippen molar-refractivity contribution in [1.29, 1.82) is 0 Å². The van der Waals surface area contributed by atoms with Crippen LogP contribution in [0.5, 0.6) is 5.75 Å². The smallest absolute Gasteiger partial charge is 0.419 e. The summed E-state index contributed by atoms with van der Waals surface area (Å²) in [7, 11) is -4.01. The summed E-state index contributed by atoms with van der Waals surface area (Å²) >= 11 is 0. The van der Waals surface area contributed by atoms with E-state index < -0.39 is 68.6 Å². The molecular weight excluding hydrogens is 416 g/mol. The number of ether oxygens (including phenoxy) is 1. The molecule has 0 spiro atoms. The number of hydrogen-bond acceptors (Lipinski definition) is 4. The fourth-order valence-corrected chi connectivity index (χ4v) is 2.52. The van der Waals surface area contributed by atoms with Gasteiger partial charge in [0.15, 0.2) is 0 Å². The molecule has 0 aliphatic carbocycles. The first kappa shape index (κ1) is 21.5. The monoisotopic (exact) mass is 427 g/mol. The number of benzene rings is 2. The van der Waals surface area contributed by atoms with Crippen LogP contribution < -0.4 is 9.46 Å². The van der Waals surface area contributed by atoms with Gasteiger partial charge in [0.1, 0.15) is 29.8 Å². The van der Waals surface area contributed by atoms with Gasteiger partial charge in [-0.3, -0.25) is 4.79 Å². The van der Waals surface area contributed by atoms with Gasteiger partial charge in [-0.05, 0) is 30.3 Å². The van der Waals surface area contributed by atoms with Gasteiger partial charge in [0.2, 0.25) is 10.0 Å². The maximum Gasteiger partial charge on any atom is 0.419 e. The SMILES string of the molecule is CS(=O)(=O)NC(=O)c1cc(F)c(COc2ccc(F)c(C(F)(F)F)c2)cc1F. The van der Waals surface area contributed by atoms with E-state index in [0.717, 1.165) is 6.07 Å². The molecule has 2 aromatic carbocycles. The third-order valence-corrected chi connectivity index (χ3v) is 3.85. The number of sulfonamides is 1. The second kappa shape index (κ2) is 7.70. The average molecular weight is 427 g/mol. The maximum absolute atomic E-state index is 14.0. The van der Waals surface area contributed by atoms with Crippen LogP contribution in [0.25, 0.3) is 0 Å². The summed E-state index contributed by atoms with van der Waals surface area (Å²) in [4.78, 5) is 11.6. The maximum atomic E-state index is 14.0. The molecule has 0 heterocycles. The van der Waals surface area contributed by atoms with E-state index in [1.165, 1.54) is 4.72 Å². The lowest BCUT2D eigenvalue weighted by Crippen LogP contribution is -2.30. The third-order valence-electron chi connectivity index (χ3n) is 3.30. The van der Waals surface area contributed by atoms with Crippen LogP contribution in [0.4, 0.5) is 26.3 Å². The Morgan fingerprint density at radius 1 is 1.04 bits per heavy atom. The fraction of sp³-hybridized carbons (Fsp3) is 0.188. The highest BCUT2D eigenvalue weighted by Crippen LogP contribution is 2.33. The Morgan fingerprint density at radius 3 is 2.25 bits per heavy atom. The van der Waals surface area contributed by atoms with Crippen molar-refractivity contribution >= 4 is 15.9 Å². The van der Waals surface area contributed by atoms with Crippen LogP contribution in [0, 0.1) is 17.5 Å². The quantitative estimate of drug-likeness (QED) is 0.743. The summed E-state index contributed by atoms with van der Waals surface area (Å²) in [6, 6.07) is 2.68. The number of amides is 1. The van der Waals surface area contributed by atoms with Crippen LogP contribution in [0.15, 0.2) is 30.3 Å². The highest BCUT2D eigenvalue weighted by atomic mass is 32.2. The minimum absolute atomic E-state index is 0.359. The molecule has 0 bridgehead atoms. The Balaban J connectivity index is 2.22. The minimum atomic E-state index is -4.98. The lowest BCUT2D eigenvalue weighted by molar-refractivity contribution is -0.140. The van der Waals surface area contributed by atoms with Crippen molar-refractivity contribution in [2.24, 2.45) is 0 Å². The van der Waals surface area contributed by atoms with Gasteiger partial charge in [-0.15, -0.1) is 0 Å². The molecule has 2 aromatic rings. The van der Waals surface area contributed by atoms with Gasteiger partial charge >= 0.3 is 6.18 Å². The van der Waals surface area contributed by atoms with Gasteiger partial charge < -0.3 is 4.74 Å². The first-order chi connectivity index (χ1) is 12.8. The number of alkyl halides is 3. The van der Waals surface area contributed by atoms with Crippen LogP contribution in [-0.2, 0) is 22.8 Å². The van der Waals surface area contributed by atoms with Crippen molar-refractivity contribution in [3.8, 4) is 5.75 Å². The summed E-state index contributed by atoms with van der Waals surface area (Å²) < 4.78 is 108. The van der Waals surface area contributed by atoms with E-state index in [0.29, 0.717) is 30.5 Å². The number of halogens is 6. The summed E-state index contributed by atoms with van der Waals surface area (Å²) in [5.74, 6) is -5.83. The molecule has 5 nitrogen and oxygen atoms in total. The van der Waals surface area contributed by atoms with Crippen LogP contribution in [-0.4, -0.2) is 20.6 Å². The summed E-state index contributed by atoms with van der Waals surface area (Å²) in [5, 5.41) is 0. The lowest BCUT2D eigenvalue weighted by atomic mass is 10.1. The molecule has 0 radical (unpaired) electrons. The Kier molecular flexibility index (Phi) is 5.92. The first-order valence-electron chi connectivity index (χ1n) is 7.27. The molecule has 0 atom stereocenters. The van der Waals surface area contributed by atoms with Crippen molar-refractivity contribution in [3.63, 3.8) is 0 Å². The molecule has 28 heavy (non-hydrogen) atoms. The molecule has 1 amide bonds. The Bertz CT molecular complexity index is 1020. The number of carbonyl (C=O) groups is 1. The van der Waals surface area contributed by atoms with Crippen molar-refractivity contribution < 1.29 is 44.3 Å². The van der Waals surface area contributed by atoms with Crippen molar-refractivity contribution in [1.82, 2.24) is 4.72 Å². The topological polar surface area (TPSA) is 72.5 Å². The molecule has 12 heteroatoms. The molecule has 0 aliphatic rings. The summed E-state index contributed by atoms with van der Waals surface area (Å²) in [5.41, 5.74) is -2.96. The van der Waals surface area contributed by atoms with Gasteiger partial charge in [0.05, 0.1) is 17.4 Å². The third kappa shape index (κ3) is 5.38. The number of hydrogen-bond donors (Lipinski definition) is 1. The molecule has 0 unspecified atom stereocenters. The van der Waals surface area contributed by atoms with Crippen molar-refractivity contribution in [2.75, 3.05) is 6.26 Å². The first-order valence-corrected chi connectivity index (χ1v) is 9.16. The zero-order valence-electron chi connectivity index (χ0n) is 13.9. The van der Waals surface area contributed by atoms with Gasteiger partial charge in [-0.1, -0.05) is 0 Å². The lowest BCUT2D eigenvalue weighted by Gasteiger charge is -2.12. The second-order valence-electron chi connectivity index (χ2n) is 5.55. The van der Waals surface area contributed by atoms with Crippen LogP contribution in [0.3, 0.4) is 0 Å². The summed E-state index contributed by atoms with van der Waals surface area (Å²) in [6.07, 6.45) is -4.34. The van der Waals surface area contributed by atoms with Crippen molar-refractivity contribution in [2.45, 2.75) is 12.8 Å². The normalized spacial score (nSPS) is 12.0. The van der Waals surface area contributed by atoms with Gasteiger partial charge in [-0.25, -0.2) is 26.3 Å². The molecular formula is C16H11F6NO4S. The standard InChI is InChI=1S/C16H11F6NO4S/c1-28(25,26)23-15(24)10-6-13(18)8(4-14(10)19)7-27-9-2-3-12(17)11(5-9)16(20,21)22/h2-6H,7H2,1H3,(H,23,24). The van der Waals surface area contributed by atoms with Gasteiger partial charge in [0.25, 0.3) is 5.91 Å². The molecule has 0 aliphatic heterocycles. The predicted molar refractivity (Wildman–Crippen MR) is 84.4 cm³/mol. The molecule has 1 N–H and O–H groups in total. The molecule has 0 aromatic heterocycles. The largest absolute Gasteiger partial charge is 0.489 e. The predicted octanol–water partition coefficient (Wildman–Crippen LogP) is 3.39. The molecule has 152 valence electrons. The zero-order valence-corrected chi connectivity index (χ0v) is 14.7. The number of rotatable bonds is 5. The number of carbonyl (C=O) groups excluding carboxylic acids is 1. The van der Waals surface area contributed by atoms with E-state index in [9.17, 15) is 39.6 Å². The van der Waals surface area contributed by atoms with Crippen LogP contribution in [0.1, 0.15) is 21.5 Å². The fourth-order valence-electron chi connectivity index (χ4n) is 2.07. The molecule has 0 fully saturated rings. The van der Waals surface area contributed by atoms with Crippen LogP contribution in [0.2, 0.25) is 0 Å². The summed E-state index contributed by atoms with van der Waals surface area (Å²) in [6.45, 7) is -0.736. The molecule has 2 rings (SSSR count). The second-order valence-corrected chi connectivity index (χ2v) is 7.30. The van der Waals surface area contributed by atoms with E-state index >= 15 is 0 Å². The average Bonchev–Trinajstić information content (AvgIpc) is 2.53. The number of nitrogens with one attached hydrogen (secondary N) is 1. The van der Waals surface area contributed by atoms with E-state index in [-0.39, 0.29) is 0 Å². The molecule has 0 saturated heterocycles. The van der Waals surface area contributed by atoms with E-state index in [1.54, 1.807) is 0 Å². The zero-order chi connectivity index (χ0) is 21.3. The Labute approximate surface area is 155 Å². The van der Waals surface area contributed by atoms with Gasteiger partial charge in [0, 0.05) is 5.56 Å². The minimum Gasteiger partial charge on any atom is -0.489 e. The van der Waals surface area contributed by atoms with Gasteiger partial charge in [-0.2, -0.15) is 13.2 Å². The van der Waals surface area contributed by atoms with E-state index in [1.807, 2.05) is 0 Å². The van der Waals surface area contributed by atoms with Crippen LogP contribution >= 0.6 is 0 Å². The highest BCUT2D eigenvalue weighted by molar-refractivity contribution is 7.89. The van der Waals surface area contributed by atoms with E-state index in [4.69, 9.17) is 4.74 Å². The van der Waals surface area contributed by atoms with Crippen molar-refractivity contribution in [3.05, 3.63) is 64.5 Å². The molecule has 0 saturated carbocycles.